The Bertz CT molecular complexity index is 683. The SMILES string of the molecule is CCn1nc(C)c2[nH]c(=S)n(C3(C)CCOC3C)c21. The zero-order valence-electron chi connectivity index (χ0n) is 11.9. The zero-order chi connectivity index (χ0) is 13.8. The molecule has 5 nitrogen and oxygen atoms in total. The molecule has 0 spiro atoms. The summed E-state index contributed by atoms with van der Waals surface area (Å²) >= 11 is 5.55. The molecule has 0 amide bonds. The minimum atomic E-state index is -0.102. The normalized spacial score (nSPS) is 27.5. The lowest BCUT2D eigenvalue weighted by Gasteiger charge is -2.30. The molecule has 1 aliphatic rings. The number of aromatic nitrogens is 4. The van der Waals surface area contributed by atoms with Gasteiger partial charge in [0.05, 0.1) is 17.3 Å². The predicted octanol–water partition coefficient (Wildman–Crippen LogP) is 2.75. The molecule has 1 N–H and O–H groups in total. The van der Waals surface area contributed by atoms with Gasteiger partial charge in [0, 0.05) is 13.2 Å². The molecular formula is C13H20N4OS. The third kappa shape index (κ3) is 1.63. The summed E-state index contributed by atoms with van der Waals surface area (Å²) < 4.78 is 10.8. The minimum absolute atomic E-state index is 0.102. The van der Waals surface area contributed by atoms with Crippen molar-refractivity contribution in [1.29, 1.82) is 0 Å². The smallest absolute Gasteiger partial charge is 0.179 e. The maximum Gasteiger partial charge on any atom is 0.179 e. The van der Waals surface area contributed by atoms with Gasteiger partial charge >= 0.3 is 0 Å². The first-order valence-corrected chi connectivity index (χ1v) is 7.20. The van der Waals surface area contributed by atoms with Gasteiger partial charge in [0.1, 0.15) is 5.52 Å². The summed E-state index contributed by atoms with van der Waals surface area (Å²) in [6.07, 6.45) is 1.13. The number of hydrogen-bond acceptors (Lipinski definition) is 3. The molecule has 0 aromatic carbocycles. The Morgan fingerprint density at radius 2 is 2.32 bits per heavy atom. The Kier molecular flexibility index (Phi) is 2.83. The topological polar surface area (TPSA) is 47.8 Å². The summed E-state index contributed by atoms with van der Waals surface area (Å²) in [7, 11) is 0. The molecule has 2 aromatic heterocycles. The van der Waals surface area contributed by atoms with E-state index in [9.17, 15) is 0 Å². The Morgan fingerprint density at radius 1 is 1.58 bits per heavy atom. The second kappa shape index (κ2) is 4.18. The van der Waals surface area contributed by atoms with Crippen LogP contribution in [0.15, 0.2) is 0 Å². The number of fused-ring (bicyclic) bond motifs is 1. The van der Waals surface area contributed by atoms with Gasteiger partial charge in [-0.05, 0) is 46.3 Å². The van der Waals surface area contributed by atoms with Crippen LogP contribution in [0.2, 0.25) is 0 Å². The van der Waals surface area contributed by atoms with Gasteiger partial charge in [-0.15, -0.1) is 0 Å². The van der Waals surface area contributed by atoms with Crippen molar-refractivity contribution < 1.29 is 4.74 Å². The molecule has 1 fully saturated rings. The molecule has 2 aromatic rings. The van der Waals surface area contributed by atoms with Crippen LogP contribution < -0.4 is 0 Å². The van der Waals surface area contributed by atoms with Crippen LogP contribution in [-0.4, -0.2) is 32.0 Å². The highest BCUT2D eigenvalue weighted by atomic mass is 32.1. The fraction of sp³-hybridized carbons (Fsp3) is 0.692. The largest absolute Gasteiger partial charge is 0.376 e. The molecule has 19 heavy (non-hydrogen) atoms. The molecule has 0 radical (unpaired) electrons. The number of aromatic amines is 1. The number of imidazole rings is 1. The van der Waals surface area contributed by atoms with Crippen molar-refractivity contribution >= 4 is 23.4 Å². The first-order chi connectivity index (χ1) is 8.99. The van der Waals surface area contributed by atoms with Crippen molar-refractivity contribution in [1.82, 2.24) is 19.3 Å². The van der Waals surface area contributed by atoms with E-state index >= 15 is 0 Å². The van der Waals surface area contributed by atoms with E-state index in [0.29, 0.717) is 0 Å². The van der Waals surface area contributed by atoms with Gasteiger partial charge in [-0.1, -0.05) is 0 Å². The van der Waals surface area contributed by atoms with Gasteiger partial charge < -0.3 is 9.72 Å². The molecule has 1 saturated heterocycles. The molecule has 3 heterocycles. The zero-order valence-corrected chi connectivity index (χ0v) is 12.7. The summed E-state index contributed by atoms with van der Waals surface area (Å²) in [5.74, 6) is 0. The summed E-state index contributed by atoms with van der Waals surface area (Å²) in [5, 5.41) is 4.58. The van der Waals surface area contributed by atoms with E-state index < -0.39 is 0 Å². The van der Waals surface area contributed by atoms with Crippen LogP contribution in [0.1, 0.15) is 32.9 Å². The van der Waals surface area contributed by atoms with Gasteiger partial charge in [0.15, 0.2) is 10.4 Å². The lowest BCUT2D eigenvalue weighted by Crippen LogP contribution is -2.37. The van der Waals surface area contributed by atoms with Gasteiger partial charge in [-0.2, -0.15) is 5.10 Å². The first-order valence-electron chi connectivity index (χ1n) is 6.79. The summed E-state index contributed by atoms with van der Waals surface area (Å²) in [4.78, 5) is 3.31. The summed E-state index contributed by atoms with van der Waals surface area (Å²) in [6, 6.07) is 0. The number of aryl methyl sites for hydroxylation is 2. The standard InChI is InChI=1S/C13H20N4OS/c1-5-16-11-10(8(2)15-16)14-12(19)17(11)13(4)6-7-18-9(13)3/h9H,5-7H2,1-4H3,(H,14,19). The highest BCUT2D eigenvalue weighted by Gasteiger charge is 2.41. The number of nitrogens with one attached hydrogen (secondary N) is 1. The molecule has 1 aliphatic heterocycles. The van der Waals surface area contributed by atoms with Gasteiger partial charge in [-0.25, -0.2) is 4.68 Å². The highest BCUT2D eigenvalue weighted by molar-refractivity contribution is 7.71. The minimum Gasteiger partial charge on any atom is -0.376 e. The van der Waals surface area contributed by atoms with Gasteiger partial charge in [-0.3, -0.25) is 4.57 Å². The van der Waals surface area contributed by atoms with E-state index in [0.717, 1.165) is 41.2 Å². The summed E-state index contributed by atoms with van der Waals surface area (Å²) in [5.41, 5.74) is 3.03. The van der Waals surface area contributed by atoms with Gasteiger partial charge in [0.2, 0.25) is 0 Å². The molecule has 0 aliphatic carbocycles. The maximum absolute atomic E-state index is 5.77. The van der Waals surface area contributed by atoms with Crippen molar-refractivity contribution in [2.24, 2.45) is 0 Å². The van der Waals surface area contributed by atoms with Crippen LogP contribution in [0, 0.1) is 11.7 Å². The lowest BCUT2D eigenvalue weighted by molar-refractivity contribution is 0.0765. The van der Waals surface area contributed by atoms with Crippen molar-refractivity contribution in [2.75, 3.05) is 6.61 Å². The molecule has 0 bridgehead atoms. The predicted molar refractivity (Wildman–Crippen MR) is 77.0 cm³/mol. The third-order valence-corrected chi connectivity index (χ3v) is 4.69. The number of ether oxygens (including phenoxy) is 1. The van der Waals surface area contributed by atoms with E-state index in [-0.39, 0.29) is 11.6 Å². The van der Waals surface area contributed by atoms with Crippen molar-refractivity contribution in [3.63, 3.8) is 0 Å². The van der Waals surface area contributed by atoms with Crippen molar-refractivity contribution in [3.8, 4) is 0 Å². The second-order valence-corrected chi connectivity index (χ2v) is 5.87. The number of H-pyrrole nitrogens is 1. The third-order valence-electron chi connectivity index (χ3n) is 4.41. The fourth-order valence-electron chi connectivity index (χ4n) is 3.02. The molecule has 0 saturated carbocycles. The quantitative estimate of drug-likeness (QED) is 0.861. The first kappa shape index (κ1) is 12.9. The Morgan fingerprint density at radius 3 is 2.89 bits per heavy atom. The number of hydrogen-bond donors (Lipinski definition) is 1. The van der Waals surface area contributed by atoms with Crippen molar-refractivity contribution in [2.45, 2.75) is 52.3 Å². The monoisotopic (exact) mass is 280 g/mol. The van der Waals surface area contributed by atoms with E-state index in [4.69, 9.17) is 17.0 Å². The van der Waals surface area contributed by atoms with Crippen LogP contribution in [-0.2, 0) is 16.8 Å². The van der Waals surface area contributed by atoms with Crippen LogP contribution in [0.3, 0.4) is 0 Å². The lowest BCUT2D eigenvalue weighted by atomic mass is 9.94. The van der Waals surface area contributed by atoms with Crippen LogP contribution in [0.4, 0.5) is 0 Å². The average molecular weight is 280 g/mol. The molecule has 3 rings (SSSR count). The van der Waals surface area contributed by atoms with E-state index in [1.165, 1.54) is 0 Å². The Hall–Kier alpha value is -1.14. The number of nitrogens with zero attached hydrogens (tertiary/aromatic N) is 3. The highest BCUT2D eigenvalue weighted by Crippen LogP contribution is 2.36. The van der Waals surface area contributed by atoms with Crippen LogP contribution in [0.25, 0.3) is 11.2 Å². The molecule has 104 valence electrons. The maximum atomic E-state index is 5.77. The fourth-order valence-corrected chi connectivity index (χ4v) is 3.41. The molecular weight excluding hydrogens is 260 g/mol. The van der Waals surface area contributed by atoms with Gasteiger partial charge in [0.25, 0.3) is 0 Å². The van der Waals surface area contributed by atoms with E-state index in [1.807, 2.05) is 11.6 Å². The molecule has 6 heteroatoms. The van der Waals surface area contributed by atoms with E-state index in [2.05, 4.69) is 35.4 Å². The number of rotatable bonds is 2. The van der Waals surface area contributed by atoms with Crippen molar-refractivity contribution in [3.05, 3.63) is 10.5 Å². The molecule has 2 atom stereocenters. The Labute approximate surface area is 117 Å². The summed E-state index contributed by atoms with van der Waals surface area (Å²) in [6.45, 7) is 10.1. The van der Waals surface area contributed by atoms with E-state index in [1.54, 1.807) is 0 Å². The van der Waals surface area contributed by atoms with Crippen LogP contribution in [0.5, 0.6) is 0 Å². The second-order valence-electron chi connectivity index (χ2n) is 5.49. The average Bonchev–Trinajstić information content (AvgIpc) is 2.96. The Balaban J connectivity index is 2.34. The molecule has 2 unspecified atom stereocenters. The van der Waals surface area contributed by atoms with Crippen LogP contribution >= 0.6 is 12.2 Å².